The molecule has 1 N–H and O–H groups in total. The maximum absolute atomic E-state index is 13.0. The number of hydrogen-bond acceptors (Lipinski definition) is 3. The van der Waals surface area contributed by atoms with Gasteiger partial charge in [-0.1, -0.05) is 42.0 Å². The highest BCUT2D eigenvalue weighted by molar-refractivity contribution is 6.05. The van der Waals surface area contributed by atoms with Crippen molar-refractivity contribution in [2.24, 2.45) is 0 Å². The lowest BCUT2D eigenvalue weighted by molar-refractivity contribution is -0.929. The highest BCUT2D eigenvalue weighted by Crippen LogP contribution is 2.31. The summed E-state index contributed by atoms with van der Waals surface area (Å²) in [4.78, 5) is 13.0. The van der Waals surface area contributed by atoms with Gasteiger partial charge >= 0.3 is 0 Å². The second kappa shape index (κ2) is 10.3. The normalized spacial score (nSPS) is 16.0. The van der Waals surface area contributed by atoms with E-state index >= 15 is 0 Å². The van der Waals surface area contributed by atoms with Crippen molar-refractivity contribution in [1.82, 2.24) is 0 Å². The molecule has 2 aliphatic rings. The maximum atomic E-state index is 13.0. The van der Waals surface area contributed by atoms with Crippen LogP contribution in [0.25, 0.3) is 11.6 Å². The summed E-state index contributed by atoms with van der Waals surface area (Å²) in [5.74, 6) is 0.678. The van der Waals surface area contributed by atoms with Gasteiger partial charge in [0.2, 0.25) is 0 Å². The van der Waals surface area contributed by atoms with Crippen LogP contribution >= 0.6 is 0 Å². The van der Waals surface area contributed by atoms with E-state index in [1.807, 2.05) is 30.3 Å². The molecule has 0 unspecified atom stereocenters. The van der Waals surface area contributed by atoms with Crippen molar-refractivity contribution in [3.05, 3.63) is 94.5 Å². The maximum Gasteiger partial charge on any atom is 0.255 e. The van der Waals surface area contributed by atoms with Gasteiger partial charge in [0, 0.05) is 35.2 Å². The number of quaternary nitrogens is 1. The van der Waals surface area contributed by atoms with Gasteiger partial charge in [-0.3, -0.25) is 4.79 Å². The first-order chi connectivity index (χ1) is 17.4. The second-order valence-corrected chi connectivity index (χ2v) is 10.5. The van der Waals surface area contributed by atoms with E-state index in [2.05, 4.69) is 68.8 Å². The lowest BCUT2D eigenvalue weighted by atomic mass is 9.98. The molecule has 36 heavy (non-hydrogen) atoms. The number of nitrogens with zero attached hydrogens (tertiary/aromatic N) is 1. The number of fused-ring (bicyclic) bond motifs is 1. The van der Waals surface area contributed by atoms with Crippen LogP contribution in [0.2, 0.25) is 0 Å². The summed E-state index contributed by atoms with van der Waals surface area (Å²) < 4.78 is 12.4. The SMILES string of the molecule is Cc1ccc(C2=Cc3cc(C(=O)Nc4ccc(C[N+](C)(C)C5CCOCC5)cc4)ccc3OC2)cc1. The molecule has 3 aromatic carbocycles. The summed E-state index contributed by atoms with van der Waals surface area (Å²) in [6.07, 6.45) is 4.33. The van der Waals surface area contributed by atoms with Crippen molar-refractivity contribution in [3.8, 4) is 5.75 Å². The highest BCUT2D eigenvalue weighted by atomic mass is 16.5. The van der Waals surface area contributed by atoms with Crippen LogP contribution in [0.4, 0.5) is 5.69 Å². The number of amides is 1. The molecule has 1 fully saturated rings. The van der Waals surface area contributed by atoms with Crippen LogP contribution in [0.15, 0.2) is 66.7 Å². The highest BCUT2D eigenvalue weighted by Gasteiger charge is 2.30. The average Bonchev–Trinajstić information content (AvgIpc) is 2.90. The van der Waals surface area contributed by atoms with Crippen LogP contribution in [-0.4, -0.2) is 50.3 Å². The quantitative estimate of drug-likeness (QED) is 0.442. The Labute approximate surface area is 213 Å². The van der Waals surface area contributed by atoms with E-state index < -0.39 is 0 Å². The van der Waals surface area contributed by atoms with Gasteiger partial charge in [-0.2, -0.15) is 0 Å². The van der Waals surface area contributed by atoms with Crippen molar-refractivity contribution in [2.45, 2.75) is 32.4 Å². The van der Waals surface area contributed by atoms with E-state index in [1.165, 1.54) is 11.1 Å². The third-order valence-electron chi connectivity index (χ3n) is 7.39. The Balaban J connectivity index is 1.25. The van der Waals surface area contributed by atoms with Crippen molar-refractivity contribution in [1.29, 1.82) is 0 Å². The largest absolute Gasteiger partial charge is 0.488 e. The van der Waals surface area contributed by atoms with Crippen LogP contribution in [0.1, 0.15) is 45.5 Å². The Kier molecular flexibility index (Phi) is 6.95. The molecule has 0 radical (unpaired) electrons. The molecule has 1 amide bonds. The van der Waals surface area contributed by atoms with Crippen molar-refractivity contribution in [3.63, 3.8) is 0 Å². The molecular weight excluding hydrogens is 448 g/mol. The van der Waals surface area contributed by atoms with Crippen LogP contribution in [-0.2, 0) is 11.3 Å². The fourth-order valence-electron chi connectivity index (χ4n) is 5.13. The lowest BCUT2D eigenvalue weighted by Crippen LogP contribution is -2.50. The molecule has 0 aromatic heterocycles. The topological polar surface area (TPSA) is 47.6 Å². The first-order valence-electron chi connectivity index (χ1n) is 12.7. The van der Waals surface area contributed by atoms with Gasteiger partial charge in [0.1, 0.15) is 18.9 Å². The van der Waals surface area contributed by atoms with Gasteiger partial charge in [0.25, 0.3) is 5.91 Å². The number of anilines is 1. The third-order valence-corrected chi connectivity index (χ3v) is 7.39. The van der Waals surface area contributed by atoms with Gasteiger partial charge in [0.05, 0.1) is 33.4 Å². The summed E-state index contributed by atoms with van der Waals surface area (Å²) >= 11 is 0. The zero-order valence-corrected chi connectivity index (χ0v) is 21.4. The third kappa shape index (κ3) is 5.53. The number of aryl methyl sites for hydroxylation is 1. The molecule has 5 nitrogen and oxygen atoms in total. The molecule has 0 bridgehead atoms. The number of rotatable bonds is 6. The molecule has 0 aliphatic carbocycles. The van der Waals surface area contributed by atoms with E-state index in [0.717, 1.165) is 65.2 Å². The minimum Gasteiger partial charge on any atom is -0.488 e. The Morgan fingerprint density at radius 2 is 1.69 bits per heavy atom. The van der Waals surface area contributed by atoms with Crippen molar-refractivity contribution in [2.75, 3.05) is 39.2 Å². The Morgan fingerprint density at radius 3 is 2.42 bits per heavy atom. The number of nitrogens with one attached hydrogen (secondary N) is 1. The minimum absolute atomic E-state index is 0.125. The van der Waals surface area contributed by atoms with Crippen molar-refractivity contribution >= 4 is 23.2 Å². The molecule has 2 aliphatic heterocycles. The van der Waals surface area contributed by atoms with Crippen LogP contribution in [0, 0.1) is 6.92 Å². The molecule has 1 saturated heterocycles. The van der Waals surface area contributed by atoms with Crippen LogP contribution in [0.5, 0.6) is 5.75 Å². The number of ether oxygens (including phenoxy) is 2. The molecule has 2 heterocycles. The number of hydrogen-bond donors (Lipinski definition) is 1. The van der Waals surface area contributed by atoms with Crippen LogP contribution in [0.3, 0.4) is 0 Å². The predicted molar refractivity (Wildman–Crippen MR) is 145 cm³/mol. The fourth-order valence-corrected chi connectivity index (χ4v) is 5.13. The summed E-state index contributed by atoms with van der Waals surface area (Å²) in [6.45, 7) is 5.28. The molecule has 186 valence electrons. The predicted octanol–water partition coefficient (Wildman–Crippen LogP) is 5.94. The standard InChI is InChI=1S/C31H34N2O3/c1-22-4-8-24(9-5-22)27-19-26-18-25(10-13-30(26)36-21-27)31(34)32-28-11-6-23(7-12-28)20-33(2,3)29-14-16-35-17-15-29/h4-13,18-19,29H,14-17,20-21H2,1-3H3/p+1. The molecule has 5 rings (SSSR count). The van der Waals surface area contributed by atoms with Crippen LogP contribution < -0.4 is 10.1 Å². The molecule has 0 spiro atoms. The van der Waals surface area contributed by atoms with Crippen molar-refractivity contribution < 1.29 is 18.8 Å². The van der Waals surface area contributed by atoms with Gasteiger partial charge in [-0.25, -0.2) is 0 Å². The number of carbonyl (C=O) groups excluding carboxylic acids is 1. The monoisotopic (exact) mass is 483 g/mol. The molecule has 3 aromatic rings. The molecular formula is C31H35N2O3+. The van der Waals surface area contributed by atoms with E-state index in [0.29, 0.717) is 18.2 Å². The zero-order chi connectivity index (χ0) is 25.1. The molecule has 0 saturated carbocycles. The minimum atomic E-state index is -0.125. The summed E-state index contributed by atoms with van der Waals surface area (Å²) in [5, 5.41) is 3.05. The van der Waals surface area contributed by atoms with Gasteiger partial charge in [-0.15, -0.1) is 0 Å². The summed E-state index contributed by atoms with van der Waals surface area (Å²) in [5.41, 5.74) is 7.07. The summed E-state index contributed by atoms with van der Waals surface area (Å²) in [7, 11) is 4.59. The molecule has 0 atom stereocenters. The molecule has 5 heteroatoms. The van der Waals surface area contributed by atoms with Gasteiger partial charge in [-0.05, 0) is 54.5 Å². The zero-order valence-electron chi connectivity index (χ0n) is 21.4. The number of benzene rings is 3. The first kappa shape index (κ1) is 24.3. The second-order valence-electron chi connectivity index (χ2n) is 10.5. The Hall–Kier alpha value is -3.41. The Bertz CT molecular complexity index is 1250. The van der Waals surface area contributed by atoms with E-state index in [4.69, 9.17) is 9.47 Å². The summed E-state index contributed by atoms with van der Waals surface area (Å²) in [6, 6.07) is 22.9. The van der Waals surface area contributed by atoms with Gasteiger partial charge in [0.15, 0.2) is 0 Å². The van der Waals surface area contributed by atoms with Gasteiger partial charge < -0.3 is 19.3 Å². The van der Waals surface area contributed by atoms with E-state index in [9.17, 15) is 4.79 Å². The van der Waals surface area contributed by atoms with E-state index in [1.54, 1.807) is 0 Å². The smallest absolute Gasteiger partial charge is 0.255 e. The number of carbonyl (C=O) groups is 1. The first-order valence-corrected chi connectivity index (χ1v) is 12.7. The van der Waals surface area contributed by atoms with E-state index in [-0.39, 0.29) is 5.91 Å². The lowest BCUT2D eigenvalue weighted by Gasteiger charge is -2.40. The average molecular weight is 484 g/mol. The fraction of sp³-hybridized carbons (Fsp3) is 0.323. The Morgan fingerprint density at radius 1 is 0.972 bits per heavy atom.